The van der Waals surface area contributed by atoms with Crippen LogP contribution in [0.4, 0.5) is 0 Å². The van der Waals surface area contributed by atoms with Crippen molar-refractivity contribution >= 4 is 21.8 Å². The van der Waals surface area contributed by atoms with Crippen LogP contribution in [0.15, 0.2) is 22.7 Å². The van der Waals surface area contributed by atoms with Gasteiger partial charge in [0.15, 0.2) is 0 Å². The molecule has 17 heavy (non-hydrogen) atoms. The van der Waals surface area contributed by atoms with E-state index in [4.69, 9.17) is 0 Å². The van der Waals surface area contributed by atoms with Gasteiger partial charge in [-0.05, 0) is 37.5 Å². The van der Waals surface area contributed by atoms with Crippen LogP contribution in [0.1, 0.15) is 28.8 Å². The summed E-state index contributed by atoms with van der Waals surface area (Å²) in [6.07, 6.45) is 1.87. The zero-order chi connectivity index (χ0) is 12.4. The lowest BCUT2D eigenvalue weighted by molar-refractivity contribution is 0.0677. The second-order valence-electron chi connectivity index (χ2n) is 4.44. The number of carbonyl (C=O) groups is 1. The van der Waals surface area contributed by atoms with Crippen LogP contribution in [0.5, 0.6) is 0 Å². The lowest BCUT2D eigenvalue weighted by Gasteiger charge is -2.23. The molecule has 1 aliphatic rings. The van der Waals surface area contributed by atoms with E-state index >= 15 is 0 Å². The summed E-state index contributed by atoms with van der Waals surface area (Å²) in [6, 6.07) is 5.70. The van der Waals surface area contributed by atoms with Gasteiger partial charge in [0.05, 0.1) is 12.6 Å². The summed E-state index contributed by atoms with van der Waals surface area (Å²) in [6.45, 7) is 2.73. The number of nitrogens with zero attached hydrogens (tertiary/aromatic N) is 1. The maximum atomic E-state index is 12.4. The first-order valence-corrected chi connectivity index (χ1v) is 6.60. The first-order valence-electron chi connectivity index (χ1n) is 5.81. The van der Waals surface area contributed by atoms with E-state index < -0.39 is 0 Å². The van der Waals surface area contributed by atoms with Gasteiger partial charge in [-0.3, -0.25) is 4.79 Å². The minimum absolute atomic E-state index is 0.0131. The topological polar surface area (TPSA) is 40.5 Å². The summed E-state index contributed by atoms with van der Waals surface area (Å²) >= 11 is 3.39. The summed E-state index contributed by atoms with van der Waals surface area (Å²) in [5, 5.41) is 9.25. The van der Waals surface area contributed by atoms with Crippen molar-refractivity contribution in [3.05, 3.63) is 33.8 Å². The van der Waals surface area contributed by atoms with Crippen molar-refractivity contribution in [2.24, 2.45) is 0 Å². The molecule has 1 amide bonds. The third kappa shape index (κ3) is 2.53. The normalized spacial score (nSPS) is 19.7. The fourth-order valence-corrected chi connectivity index (χ4v) is 2.63. The summed E-state index contributed by atoms with van der Waals surface area (Å²) in [5.74, 6) is 0.0281. The standard InChI is InChI=1S/C13H16BrNO2/c1-9-4-5-10(14)7-12(9)13(17)15-6-2-3-11(15)8-16/h4-5,7,11,16H,2-3,6,8H2,1H3. The number of aryl methyl sites for hydroxylation is 1. The molecule has 92 valence electrons. The minimum atomic E-state index is -0.0131. The second-order valence-corrected chi connectivity index (χ2v) is 5.35. The highest BCUT2D eigenvalue weighted by atomic mass is 79.9. The van der Waals surface area contributed by atoms with Crippen LogP contribution in [0.3, 0.4) is 0 Å². The molecule has 4 heteroatoms. The van der Waals surface area contributed by atoms with Gasteiger partial charge in [0.25, 0.3) is 5.91 Å². The highest BCUT2D eigenvalue weighted by molar-refractivity contribution is 9.10. The summed E-state index contributed by atoms with van der Waals surface area (Å²) in [4.78, 5) is 14.2. The van der Waals surface area contributed by atoms with Crippen molar-refractivity contribution in [3.63, 3.8) is 0 Å². The monoisotopic (exact) mass is 297 g/mol. The van der Waals surface area contributed by atoms with Gasteiger partial charge in [-0.15, -0.1) is 0 Å². The second kappa shape index (κ2) is 5.19. The molecule has 1 aliphatic heterocycles. The van der Waals surface area contributed by atoms with Gasteiger partial charge in [0.1, 0.15) is 0 Å². The average Bonchev–Trinajstić information content (AvgIpc) is 2.79. The number of rotatable bonds is 2. The number of aliphatic hydroxyl groups is 1. The predicted octanol–water partition coefficient (Wildman–Crippen LogP) is 2.35. The number of likely N-dealkylation sites (tertiary alicyclic amines) is 1. The predicted molar refractivity (Wildman–Crippen MR) is 70.0 cm³/mol. The lowest BCUT2D eigenvalue weighted by atomic mass is 10.1. The molecule has 0 bridgehead atoms. The van der Waals surface area contributed by atoms with Gasteiger partial charge >= 0.3 is 0 Å². The van der Waals surface area contributed by atoms with Gasteiger partial charge in [-0.25, -0.2) is 0 Å². The minimum Gasteiger partial charge on any atom is -0.394 e. The molecule has 2 rings (SSSR count). The zero-order valence-electron chi connectivity index (χ0n) is 9.82. The van der Waals surface area contributed by atoms with E-state index in [1.54, 1.807) is 4.90 Å². The largest absolute Gasteiger partial charge is 0.394 e. The van der Waals surface area contributed by atoms with Gasteiger partial charge in [-0.1, -0.05) is 22.0 Å². The Morgan fingerprint density at radius 1 is 1.59 bits per heavy atom. The maximum Gasteiger partial charge on any atom is 0.254 e. The summed E-state index contributed by atoms with van der Waals surface area (Å²) < 4.78 is 0.909. The molecule has 0 radical (unpaired) electrons. The van der Waals surface area contributed by atoms with E-state index in [0.717, 1.165) is 35.0 Å². The molecule has 0 spiro atoms. The van der Waals surface area contributed by atoms with E-state index in [1.165, 1.54) is 0 Å². The molecule has 0 aliphatic carbocycles. The van der Waals surface area contributed by atoms with Crippen LogP contribution < -0.4 is 0 Å². The van der Waals surface area contributed by atoms with Gasteiger partial charge in [0, 0.05) is 16.6 Å². The highest BCUT2D eigenvalue weighted by Gasteiger charge is 2.29. The number of halogens is 1. The van der Waals surface area contributed by atoms with Crippen molar-refractivity contribution < 1.29 is 9.90 Å². The van der Waals surface area contributed by atoms with Crippen LogP contribution in [0.2, 0.25) is 0 Å². The summed E-state index contributed by atoms with van der Waals surface area (Å²) in [7, 11) is 0. The highest BCUT2D eigenvalue weighted by Crippen LogP contribution is 2.23. The first kappa shape index (κ1) is 12.6. The molecular weight excluding hydrogens is 282 g/mol. The Kier molecular flexibility index (Phi) is 3.84. The fraction of sp³-hybridized carbons (Fsp3) is 0.462. The third-order valence-corrected chi connectivity index (χ3v) is 3.77. The number of carbonyl (C=O) groups excluding carboxylic acids is 1. The van der Waals surface area contributed by atoms with Crippen molar-refractivity contribution in [1.29, 1.82) is 0 Å². The molecule has 0 saturated carbocycles. The lowest BCUT2D eigenvalue weighted by Crippen LogP contribution is -2.37. The smallest absolute Gasteiger partial charge is 0.254 e. The molecule has 1 fully saturated rings. The van der Waals surface area contributed by atoms with Gasteiger partial charge in [0.2, 0.25) is 0 Å². The number of amides is 1. The molecule has 1 aromatic rings. The van der Waals surface area contributed by atoms with E-state index in [9.17, 15) is 9.90 Å². The SMILES string of the molecule is Cc1ccc(Br)cc1C(=O)N1CCCC1CO. The van der Waals surface area contributed by atoms with Crippen LogP contribution >= 0.6 is 15.9 Å². The van der Waals surface area contributed by atoms with Crippen molar-refractivity contribution in [1.82, 2.24) is 4.90 Å². The van der Waals surface area contributed by atoms with E-state index in [2.05, 4.69) is 15.9 Å². The van der Waals surface area contributed by atoms with E-state index in [1.807, 2.05) is 25.1 Å². The first-order chi connectivity index (χ1) is 8.13. The third-order valence-electron chi connectivity index (χ3n) is 3.28. The van der Waals surface area contributed by atoms with Crippen LogP contribution in [-0.4, -0.2) is 35.1 Å². The van der Waals surface area contributed by atoms with Crippen molar-refractivity contribution in [2.75, 3.05) is 13.2 Å². The maximum absolute atomic E-state index is 12.4. The van der Waals surface area contributed by atoms with Gasteiger partial charge in [-0.2, -0.15) is 0 Å². The molecule has 0 aromatic heterocycles. The van der Waals surface area contributed by atoms with Gasteiger partial charge < -0.3 is 10.0 Å². The molecule has 1 N–H and O–H groups in total. The number of hydrogen-bond acceptors (Lipinski definition) is 2. The van der Waals surface area contributed by atoms with Crippen LogP contribution in [-0.2, 0) is 0 Å². The Morgan fingerprint density at radius 3 is 3.06 bits per heavy atom. The quantitative estimate of drug-likeness (QED) is 0.910. The number of benzene rings is 1. The fourth-order valence-electron chi connectivity index (χ4n) is 2.27. The van der Waals surface area contributed by atoms with E-state index in [0.29, 0.717) is 0 Å². The Morgan fingerprint density at radius 2 is 2.35 bits per heavy atom. The van der Waals surface area contributed by atoms with Crippen LogP contribution in [0.25, 0.3) is 0 Å². The Labute approximate surface area is 110 Å². The number of hydrogen-bond donors (Lipinski definition) is 1. The number of aliphatic hydroxyl groups excluding tert-OH is 1. The molecule has 1 saturated heterocycles. The molecular formula is C13H16BrNO2. The van der Waals surface area contributed by atoms with Crippen molar-refractivity contribution in [2.45, 2.75) is 25.8 Å². The molecule has 1 atom stereocenters. The summed E-state index contributed by atoms with van der Waals surface area (Å²) in [5.41, 5.74) is 1.70. The molecule has 1 unspecified atom stereocenters. The van der Waals surface area contributed by atoms with Crippen LogP contribution in [0, 0.1) is 6.92 Å². The Bertz CT molecular complexity index is 433. The molecule has 1 heterocycles. The Hall–Kier alpha value is -0.870. The van der Waals surface area contributed by atoms with Crippen molar-refractivity contribution in [3.8, 4) is 0 Å². The molecule has 1 aromatic carbocycles. The molecule has 3 nitrogen and oxygen atoms in total. The Balaban J connectivity index is 2.27. The van der Waals surface area contributed by atoms with E-state index in [-0.39, 0.29) is 18.6 Å². The average molecular weight is 298 g/mol. The zero-order valence-corrected chi connectivity index (χ0v) is 11.4.